The summed E-state index contributed by atoms with van der Waals surface area (Å²) in [6, 6.07) is 37.3. The predicted molar refractivity (Wildman–Crippen MR) is 156 cm³/mol. The monoisotopic (exact) mass is 477 g/mol. The number of aliphatic imine (C=N–C) groups is 1. The number of rotatable bonds is 9. The molecule has 2 heteroatoms. The van der Waals surface area contributed by atoms with Gasteiger partial charge in [0, 0.05) is 18.3 Å². The summed E-state index contributed by atoms with van der Waals surface area (Å²) in [6.07, 6.45) is 3.08. The van der Waals surface area contributed by atoms with E-state index in [1.54, 1.807) is 0 Å². The van der Waals surface area contributed by atoms with Crippen molar-refractivity contribution in [2.24, 2.45) is 4.99 Å². The van der Waals surface area contributed by atoms with Gasteiger partial charge in [-0.25, -0.2) is 0 Å². The van der Waals surface area contributed by atoms with Gasteiger partial charge >= 0.3 is 0 Å². The van der Waals surface area contributed by atoms with Crippen molar-refractivity contribution in [3.63, 3.8) is 0 Å². The van der Waals surface area contributed by atoms with Crippen molar-refractivity contribution in [3.8, 4) is 0 Å². The average Bonchev–Trinajstić information content (AvgIpc) is 2.88. The van der Waals surface area contributed by atoms with Gasteiger partial charge in [0.05, 0.1) is 0 Å². The number of hydrogen-bond acceptors (Lipinski definition) is 1. The van der Waals surface area contributed by atoms with E-state index >= 15 is 0 Å². The van der Waals surface area contributed by atoms with Gasteiger partial charge in [0.2, 0.25) is 0 Å². The standard InChI is InChI=1S/C33H36NP/c1-25(2)30-19-13-20-31(26(3)4)32(30)22-23-34-24-27-14-11-12-21-33(27)35(28-15-7-5-8-16-28)29-17-9-6-10-18-29/h5-21,24-26H,22-23H2,1-4H3. The zero-order valence-electron chi connectivity index (χ0n) is 21.4. The molecule has 0 aliphatic heterocycles. The molecule has 0 aliphatic carbocycles. The van der Waals surface area contributed by atoms with Crippen molar-refractivity contribution in [3.05, 3.63) is 125 Å². The number of benzene rings is 4. The first kappa shape index (κ1) is 25.1. The van der Waals surface area contributed by atoms with Crippen LogP contribution in [0, 0.1) is 0 Å². The molecule has 0 bridgehead atoms. The molecule has 0 aromatic heterocycles. The Bertz CT molecular complexity index is 1180. The van der Waals surface area contributed by atoms with Crippen LogP contribution >= 0.6 is 7.92 Å². The highest BCUT2D eigenvalue weighted by Crippen LogP contribution is 2.33. The van der Waals surface area contributed by atoms with Gasteiger partial charge in [0.15, 0.2) is 0 Å². The Morgan fingerprint density at radius 2 is 1.14 bits per heavy atom. The maximum absolute atomic E-state index is 4.95. The molecular formula is C33H36NP. The summed E-state index contributed by atoms with van der Waals surface area (Å²) in [7, 11) is -0.650. The molecule has 4 aromatic rings. The lowest BCUT2D eigenvalue weighted by molar-refractivity contribution is 0.788. The first-order chi connectivity index (χ1) is 17.1. The van der Waals surface area contributed by atoms with E-state index in [1.807, 2.05) is 0 Å². The number of nitrogens with zero attached hydrogens (tertiary/aromatic N) is 1. The Morgan fingerprint density at radius 3 is 1.69 bits per heavy atom. The Kier molecular flexibility index (Phi) is 8.67. The maximum Gasteiger partial charge on any atom is 0.0430 e. The zero-order valence-corrected chi connectivity index (χ0v) is 22.3. The molecule has 35 heavy (non-hydrogen) atoms. The average molecular weight is 478 g/mol. The summed E-state index contributed by atoms with van der Waals surface area (Å²) < 4.78 is 0. The second-order valence-electron chi connectivity index (χ2n) is 9.58. The predicted octanol–water partition coefficient (Wildman–Crippen LogP) is 7.35. The summed E-state index contributed by atoms with van der Waals surface area (Å²) in [5.74, 6) is 1.04. The Labute approximate surface area is 212 Å². The lowest BCUT2D eigenvalue weighted by atomic mass is 9.87. The molecule has 0 heterocycles. The topological polar surface area (TPSA) is 12.4 Å². The van der Waals surface area contributed by atoms with E-state index in [0.717, 1.165) is 13.0 Å². The van der Waals surface area contributed by atoms with Crippen LogP contribution in [-0.4, -0.2) is 12.8 Å². The molecule has 0 saturated heterocycles. The van der Waals surface area contributed by atoms with Crippen molar-refractivity contribution in [1.82, 2.24) is 0 Å². The van der Waals surface area contributed by atoms with Crippen LogP contribution in [0.3, 0.4) is 0 Å². The highest BCUT2D eigenvalue weighted by molar-refractivity contribution is 7.80. The van der Waals surface area contributed by atoms with Crippen molar-refractivity contribution in [2.75, 3.05) is 6.54 Å². The minimum absolute atomic E-state index is 0.522. The third kappa shape index (κ3) is 6.16. The molecule has 4 rings (SSSR count). The van der Waals surface area contributed by atoms with Gasteiger partial charge in [-0.15, -0.1) is 0 Å². The molecule has 0 atom stereocenters. The molecule has 0 radical (unpaired) electrons. The summed E-state index contributed by atoms with van der Waals surface area (Å²) in [5.41, 5.74) is 5.62. The van der Waals surface area contributed by atoms with E-state index in [-0.39, 0.29) is 0 Å². The maximum atomic E-state index is 4.95. The molecule has 0 aliphatic rings. The van der Waals surface area contributed by atoms with Crippen LogP contribution < -0.4 is 15.9 Å². The zero-order chi connectivity index (χ0) is 24.6. The first-order valence-corrected chi connectivity index (χ1v) is 14.0. The summed E-state index contributed by atoms with van der Waals surface area (Å²) in [4.78, 5) is 4.95. The third-order valence-corrected chi connectivity index (χ3v) is 8.94. The molecule has 0 unspecified atom stereocenters. The molecular weight excluding hydrogens is 441 g/mol. The third-order valence-electron chi connectivity index (χ3n) is 6.42. The van der Waals surface area contributed by atoms with Gasteiger partial charge in [-0.05, 0) is 58.8 Å². The highest BCUT2D eigenvalue weighted by atomic mass is 31.1. The van der Waals surface area contributed by atoms with E-state index in [1.165, 1.54) is 38.2 Å². The minimum Gasteiger partial charge on any atom is -0.292 e. The fraction of sp³-hybridized carbons (Fsp3) is 0.242. The van der Waals surface area contributed by atoms with Crippen LogP contribution in [-0.2, 0) is 6.42 Å². The van der Waals surface area contributed by atoms with Gasteiger partial charge in [-0.3, -0.25) is 4.99 Å². The normalized spacial score (nSPS) is 11.7. The molecule has 178 valence electrons. The number of hydrogen-bond donors (Lipinski definition) is 0. The van der Waals surface area contributed by atoms with Crippen LogP contribution in [0.1, 0.15) is 61.8 Å². The minimum atomic E-state index is -0.650. The molecule has 0 fully saturated rings. The summed E-state index contributed by atoms with van der Waals surface area (Å²) in [5, 5.41) is 4.08. The smallest absolute Gasteiger partial charge is 0.0430 e. The molecule has 0 N–H and O–H groups in total. The van der Waals surface area contributed by atoms with Gasteiger partial charge in [-0.2, -0.15) is 0 Å². The van der Waals surface area contributed by atoms with Crippen LogP contribution in [0.4, 0.5) is 0 Å². The lowest BCUT2D eigenvalue weighted by Crippen LogP contribution is -2.23. The Balaban J connectivity index is 1.63. The SMILES string of the molecule is CC(C)c1cccc(C(C)C)c1CCN=Cc1ccccc1P(c1ccccc1)c1ccccc1. The molecule has 4 aromatic carbocycles. The lowest BCUT2D eigenvalue weighted by Gasteiger charge is -2.21. The van der Waals surface area contributed by atoms with E-state index in [2.05, 4.69) is 137 Å². The van der Waals surface area contributed by atoms with Crippen molar-refractivity contribution >= 4 is 30.0 Å². The van der Waals surface area contributed by atoms with Gasteiger partial charge < -0.3 is 0 Å². The van der Waals surface area contributed by atoms with Gasteiger partial charge in [0.1, 0.15) is 0 Å². The second-order valence-corrected chi connectivity index (χ2v) is 11.8. The Morgan fingerprint density at radius 1 is 0.629 bits per heavy atom. The first-order valence-electron chi connectivity index (χ1n) is 12.7. The second kappa shape index (κ2) is 12.1. The fourth-order valence-electron chi connectivity index (χ4n) is 4.71. The van der Waals surface area contributed by atoms with Gasteiger partial charge in [0.25, 0.3) is 0 Å². The van der Waals surface area contributed by atoms with E-state index in [4.69, 9.17) is 4.99 Å². The summed E-state index contributed by atoms with van der Waals surface area (Å²) in [6.45, 7) is 9.96. The van der Waals surface area contributed by atoms with Crippen LogP contribution in [0.2, 0.25) is 0 Å². The van der Waals surface area contributed by atoms with E-state index < -0.39 is 7.92 Å². The molecule has 0 spiro atoms. The van der Waals surface area contributed by atoms with Crippen molar-refractivity contribution < 1.29 is 0 Å². The van der Waals surface area contributed by atoms with Crippen LogP contribution in [0.25, 0.3) is 0 Å². The van der Waals surface area contributed by atoms with Gasteiger partial charge in [-0.1, -0.05) is 131 Å². The van der Waals surface area contributed by atoms with E-state index in [9.17, 15) is 0 Å². The largest absolute Gasteiger partial charge is 0.292 e. The molecule has 0 saturated carbocycles. The quantitative estimate of drug-likeness (QED) is 0.176. The highest BCUT2D eigenvalue weighted by Gasteiger charge is 2.18. The van der Waals surface area contributed by atoms with Crippen LogP contribution in [0.15, 0.2) is 108 Å². The fourth-order valence-corrected chi connectivity index (χ4v) is 7.14. The molecule has 1 nitrogen and oxygen atoms in total. The van der Waals surface area contributed by atoms with Crippen LogP contribution in [0.5, 0.6) is 0 Å². The summed E-state index contributed by atoms with van der Waals surface area (Å²) >= 11 is 0. The van der Waals surface area contributed by atoms with Crippen molar-refractivity contribution in [2.45, 2.75) is 46.0 Å². The van der Waals surface area contributed by atoms with E-state index in [0.29, 0.717) is 11.8 Å². The Hall–Kier alpha value is -3.02. The molecule has 0 amide bonds. The van der Waals surface area contributed by atoms with Crippen molar-refractivity contribution in [1.29, 1.82) is 0 Å².